The first kappa shape index (κ1) is 11.7. The minimum Gasteiger partial charge on any atom is -0.469 e. The molecule has 3 heteroatoms. The van der Waals surface area contributed by atoms with Crippen LogP contribution in [0.4, 0.5) is 4.39 Å². The lowest BCUT2D eigenvalue weighted by Gasteiger charge is -2.23. The average Bonchev–Trinajstić information content (AvgIpc) is 2.17. The van der Waals surface area contributed by atoms with Crippen molar-refractivity contribution >= 4 is 5.97 Å². The van der Waals surface area contributed by atoms with Gasteiger partial charge in [0, 0.05) is 5.41 Å². The zero-order valence-electron chi connectivity index (χ0n) is 9.21. The van der Waals surface area contributed by atoms with Crippen LogP contribution in [0.5, 0.6) is 0 Å². The van der Waals surface area contributed by atoms with Gasteiger partial charge in [-0.25, -0.2) is 4.39 Å². The van der Waals surface area contributed by atoms with E-state index < -0.39 is 0 Å². The van der Waals surface area contributed by atoms with Gasteiger partial charge in [0.05, 0.1) is 13.5 Å². The second-order valence-electron chi connectivity index (χ2n) is 4.14. The molecule has 0 aliphatic rings. The zero-order chi connectivity index (χ0) is 11.5. The van der Waals surface area contributed by atoms with Crippen LogP contribution in [0, 0.1) is 5.82 Å². The number of halogens is 1. The van der Waals surface area contributed by atoms with Gasteiger partial charge in [0.25, 0.3) is 0 Å². The molecule has 0 atom stereocenters. The Morgan fingerprint density at radius 1 is 1.33 bits per heavy atom. The second-order valence-corrected chi connectivity index (χ2v) is 4.14. The van der Waals surface area contributed by atoms with Crippen LogP contribution in [0.2, 0.25) is 0 Å². The smallest absolute Gasteiger partial charge is 0.306 e. The molecule has 0 amide bonds. The highest BCUT2D eigenvalue weighted by Crippen LogP contribution is 2.27. The van der Waals surface area contributed by atoms with Gasteiger partial charge in [0.2, 0.25) is 0 Å². The fraction of sp³-hybridized carbons (Fsp3) is 0.417. The third-order valence-corrected chi connectivity index (χ3v) is 2.44. The zero-order valence-corrected chi connectivity index (χ0v) is 9.21. The third kappa shape index (κ3) is 3.05. The van der Waals surface area contributed by atoms with Gasteiger partial charge in [-0.2, -0.15) is 0 Å². The predicted octanol–water partition coefficient (Wildman–Crippen LogP) is 2.67. The molecular weight excluding hydrogens is 195 g/mol. The van der Waals surface area contributed by atoms with E-state index in [4.69, 9.17) is 0 Å². The Kier molecular flexibility index (Phi) is 3.45. The van der Waals surface area contributed by atoms with Crippen LogP contribution in [0.15, 0.2) is 24.3 Å². The highest BCUT2D eigenvalue weighted by molar-refractivity contribution is 5.71. The van der Waals surface area contributed by atoms with E-state index in [0.717, 1.165) is 5.56 Å². The number of benzene rings is 1. The molecule has 0 radical (unpaired) electrons. The van der Waals surface area contributed by atoms with Crippen molar-refractivity contribution in [2.75, 3.05) is 7.11 Å². The van der Waals surface area contributed by atoms with Crippen LogP contribution in [0.25, 0.3) is 0 Å². The predicted molar refractivity (Wildman–Crippen MR) is 56.1 cm³/mol. The topological polar surface area (TPSA) is 26.3 Å². The van der Waals surface area contributed by atoms with Crippen LogP contribution in [-0.2, 0) is 14.9 Å². The molecule has 0 aliphatic heterocycles. The van der Waals surface area contributed by atoms with E-state index in [1.807, 2.05) is 13.8 Å². The number of esters is 1. The molecule has 1 aromatic rings. The summed E-state index contributed by atoms with van der Waals surface area (Å²) in [6.45, 7) is 3.86. The number of rotatable bonds is 3. The summed E-state index contributed by atoms with van der Waals surface area (Å²) in [5.41, 5.74) is 0.593. The molecule has 0 N–H and O–H groups in total. The molecule has 82 valence electrons. The first-order chi connectivity index (χ1) is 6.95. The lowest BCUT2D eigenvalue weighted by atomic mass is 9.82. The molecule has 1 rings (SSSR count). The minimum absolute atomic E-state index is 0.260. The van der Waals surface area contributed by atoms with Gasteiger partial charge in [-0.3, -0.25) is 4.79 Å². The first-order valence-corrected chi connectivity index (χ1v) is 4.78. The van der Waals surface area contributed by atoms with Crippen molar-refractivity contribution in [3.05, 3.63) is 35.6 Å². The van der Waals surface area contributed by atoms with Gasteiger partial charge >= 0.3 is 5.97 Å². The summed E-state index contributed by atoms with van der Waals surface area (Å²) in [4.78, 5) is 11.2. The van der Waals surface area contributed by atoms with Crippen molar-refractivity contribution in [2.24, 2.45) is 0 Å². The maximum Gasteiger partial charge on any atom is 0.306 e. The molecule has 0 spiro atoms. The Bertz CT molecular complexity index is 341. The van der Waals surface area contributed by atoms with E-state index in [0.29, 0.717) is 0 Å². The van der Waals surface area contributed by atoms with Crippen LogP contribution in [-0.4, -0.2) is 13.1 Å². The van der Waals surface area contributed by atoms with Crippen LogP contribution >= 0.6 is 0 Å². The van der Waals surface area contributed by atoms with Crippen molar-refractivity contribution in [3.63, 3.8) is 0 Å². The van der Waals surface area contributed by atoms with Gasteiger partial charge < -0.3 is 4.74 Å². The van der Waals surface area contributed by atoms with Gasteiger partial charge in [-0.1, -0.05) is 26.0 Å². The van der Waals surface area contributed by atoms with E-state index in [9.17, 15) is 9.18 Å². The SMILES string of the molecule is COC(=O)CC(C)(C)c1ccc(F)cc1. The Balaban J connectivity index is 2.85. The molecule has 0 unspecified atom stereocenters. The molecule has 15 heavy (non-hydrogen) atoms. The summed E-state index contributed by atoms with van der Waals surface area (Å²) in [6, 6.07) is 6.18. The Morgan fingerprint density at radius 3 is 2.33 bits per heavy atom. The van der Waals surface area contributed by atoms with Gasteiger partial charge in [-0.15, -0.1) is 0 Å². The van der Waals surface area contributed by atoms with Crippen molar-refractivity contribution in [1.82, 2.24) is 0 Å². The van der Waals surface area contributed by atoms with Crippen molar-refractivity contribution in [3.8, 4) is 0 Å². The van der Waals surface area contributed by atoms with Gasteiger partial charge in [0.15, 0.2) is 0 Å². The van der Waals surface area contributed by atoms with E-state index in [2.05, 4.69) is 4.74 Å². The Labute approximate surface area is 89.1 Å². The molecule has 2 nitrogen and oxygen atoms in total. The molecule has 0 bridgehead atoms. The molecule has 0 saturated carbocycles. The lowest BCUT2D eigenvalue weighted by Crippen LogP contribution is -2.22. The van der Waals surface area contributed by atoms with E-state index in [-0.39, 0.29) is 23.6 Å². The van der Waals surface area contributed by atoms with Gasteiger partial charge in [0.1, 0.15) is 5.82 Å². The van der Waals surface area contributed by atoms with E-state index >= 15 is 0 Å². The maximum absolute atomic E-state index is 12.7. The number of carbonyl (C=O) groups is 1. The lowest BCUT2D eigenvalue weighted by molar-refractivity contribution is -0.141. The second kappa shape index (κ2) is 4.43. The van der Waals surface area contributed by atoms with E-state index in [1.165, 1.54) is 19.2 Å². The summed E-state index contributed by atoms with van der Waals surface area (Å²) in [5.74, 6) is -0.531. The Morgan fingerprint density at radius 2 is 1.87 bits per heavy atom. The number of hydrogen-bond acceptors (Lipinski definition) is 2. The fourth-order valence-corrected chi connectivity index (χ4v) is 1.44. The number of methoxy groups -OCH3 is 1. The molecule has 1 aromatic carbocycles. The van der Waals surface area contributed by atoms with E-state index in [1.54, 1.807) is 12.1 Å². The highest BCUT2D eigenvalue weighted by Gasteiger charge is 2.24. The molecule has 0 fully saturated rings. The summed E-state index contributed by atoms with van der Waals surface area (Å²) in [6.07, 6.45) is 0.287. The number of carbonyl (C=O) groups excluding carboxylic acids is 1. The molecular formula is C12H15FO2. The summed E-state index contributed by atoms with van der Waals surface area (Å²) < 4.78 is 17.3. The van der Waals surface area contributed by atoms with Crippen LogP contribution in [0.3, 0.4) is 0 Å². The number of ether oxygens (including phenoxy) is 1. The van der Waals surface area contributed by atoms with Gasteiger partial charge in [-0.05, 0) is 17.7 Å². The summed E-state index contributed by atoms with van der Waals surface area (Å²) in [7, 11) is 1.36. The van der Waals surface area contributed by atoms with Crippen molar-refractivity contribution in [1.29, 1.82) is 0 Å². The first-order valence-electron chi connectivity index (χ1n) is 4.78. The summed E-state index contributed by atoms with van der Waals surface area (Å²) in [5, 5.41) is 0. The highest BCUT2D eigenvalue weighted by atomic mass is 19.1. The molecule has 0 heterocycles. The average molecular weight is 210 g/mol. The van der Waals surface area contributed by atoms with Crippen LogP contribution in [0.1, 0.15) is 25.8 Å². The third-order valence-electron chi connectivity index (χ3n) is 2.44. The summed E-state index contributed by atoms with van der Waals surface area (Å²) >= 11 is 0. The largest absolute Gasteiger partial charge is 0.469 e. The van der Waals surface area contributed by atoms with Crippen molar-refractivity contribution < 1.29 is 13.9 Å². The standard InChI is InChI=1S/C12H15FO2/c1-12(2,8-11(14)15-3)9-4-6-10(13)7-5-9/h4-7H,8H2,1-3H3. The molecule has 0 aromatic heterocycles. The fourth-order valence-electron chi connectivity index (χ4n) is 1.44. The molecule has 0 saturated heterocycles. The quantitative estimate of drug-likeness (QED) is 0.717. The monoisotopic (exact) mass is 210 g/mol. The number of hydrogen-bond donors (Lipinski definition) is 0. The normalized spacial score (nSPS) is 11.2. The Hall–Kier alpha value is -1.38. The molecule has 0 aliphatic carbocycles. The van der Waals surface area contributed by atoms with Crippen molar-refractivity contribution in [2.45, 2.75) is 25.7 Å². The minimum atomic E-state index is -0.333. The maximum atomic E-state index is 12.7. The van der Waals surface area contributed by atoms with Crippen LogP contribution < -0.4 is 0 Å².